The van der Waals surface area contributed by atoms with E-state index in [0.29, 0.717) is 24.3 Å². The third-order valence-corrected chi connectivity index (χ3v) is 10.2. The van der Waals surface area contributed by atoms with Crippen LogP contribution in [0.5, 0.6) is 0 Å². The second-order valence-corrected chi connectivity index (χ2v) is 14.3. The van der Waals surface area contributed by atoms with Crippen molar-refractivity contribution in [1.82, 2.24) is 16.0 Å². The first-order chi connectivity index (χ1) is 20.0. The van der Waals surface area contributed by atoms with Crippen molar-refractivity contribution in [3.05, 3.63) is 12.2 Å². The molecule has 0 aliphatic carbocycles. The van der Waals surface area contributed by atoms with Gasteiger partial charge in [0.25, 0.3) is 0 Å². The Balaban J connectivity index is 2.12. The highest BCUT2D eigenvalue weighted by Crippen LogP contribution is 2.31. The zero-order chi connectivity index (χ0) is 31.1. The minimum atomic E-state index is -0.994. The molecule has 236 valence electrons. The highest BCUT2D eigenvalue weighted by atomic mass is 32.2. The molecule has 0 radical (unpaired) electrons. The number of rotatable bonds is 11. The van der Waals surface area contributed by atoms with Crippen LogP contribution in [0.15, 0.2) is 22.1 Å². The number of fused-ring (bicyclic) bond motifs is 1. The molecule has 2 rings (SSSR count). The van der Waals surface area contributed by atoms with Crippen LogP contribution in [0.1, 0.15) is 86.0 Å². The number of nitrogens with one attached hydrogen (secondary N) is 3. The van der Waals surface area contributed by atoms with Crippen molar-refractivity contribution < 1.29 is 19.2 Å². The highest BCUT2D eigenvalue weighted by molar-refractivity contribution is 8.14. The summed E-state index contributed by atoms with van der Waals surface area (Å²) >= 11 is 4.29. The minimum Gasteiger partial charge on any atom is -0.350 e. The van der Waals surface area contributed by atoms with Gasteiger partial charge in [-0.1, -0.05) is 70.4 Å². The molecule has 2 aliphatic rings. The van der Waals surface area contributed by atoms with Gasteiger partial charge < -0.3 is 16.0 Å². The molecule has 4 atom stereocenters. The zero-order valence-electron chi connectivity index (χ0n) is 26.0. The van der Waals surface area contributed by atoms with E-state index in [9.17, 15) is 19.2 Å². The molecule has 0 saturated heterocycles. The highest BCUT2D eigenvalue weighted by Gasteiger charge is 2.41. The summed E-state index contributed by atoms with van der Waals surface area (Å²) in [6, 6.07) is -1.60. The van der Waals surface area contributed by atoms with Gasteiger partial charge in [-0.05, 0) is 38.9 Å². The van der Waals surface area contributed by atoms with E-state index in [-0.39, 0.29) is 47.8 Å². The van der Waals surface area contributed by atoms with Crippen molar-refractivity contribution in [1.29, 1.82) is 0 Å². The van der Waals surface area contributed by atoms with Gasteiger partial charge in [-0.3, -0.25) is 29.2 Å². The lowest BCUT2D eigenvalue weighted by Crippen LogP contribution is -2.56. The molecule has 0 fully saturated rings. The van der Waals surface area contributed by atoms with Gasteiger partial charge in [0.1, 0.15) is 11.6 Å². The minimum absolute atomic E-state index is 0.0440. The second-order valence-electron chi connectivity index (χ2n) is 11.3. The topological polar surface area (TPSA) is 129 Å². The quantitative estimate of drug-likeness (QED) is 0.220. The maximum absolute atomic E-state index is 13.4. The maximum Gasteiger partial charge on any atom is 0.249 e. The number of carbonyl (C=O) groups excluding carboxylic acids is 4. The molecule has 0 aromatic heterocycles. The predicted octanol–water partition coefficient (Wildman–Crippen LogP) is 4.75. The molecular weight excluding hydrogens is 591 g/mol. The van der Waals surface area contributed by atoms with Crippen LogP contribution in [0.2, 0.25) is 0 Å². The number of aliphatic imine (C=N–C) groups is 2. The summed E-state index contributed by atoms with van der Waals surface area (Å²) in [5, 5.41) is 10.5. The fourth-order valence-electron chi connectivity index (χ4n) is 4.46. The van der Waals surface area contributed by atoms with Crippen molar-refractivity contribution in [2.75, 3.05) is 24.3 Å². The van der Waals surface area contributed by atoms with Gasteiger partial charge in [-0.15, -0.1) is 23.5 Å². The summed E-state index contributed by atoms with van der Waals surface area (Å²) in [7, 11) is 0. The number of carbonyl (C=O) groups is 4. The number of thioether (sulfide) groups is 3. The van der Waals surface area contributed by atoms with Crippen molar-refractivity contribution in [2.45, 2.75) is 110 Å². The summed E-state index contributed by atoms with van der Waals surface area (Å²) < 4.78 is 0. The van der Waals surface area contributed by atoms with E-state index in [4.69, 9.17) is 9.98 Å². The Kier molecular flexibility index (Phi) is 16.3. The summed E-state index contributed by atoms with van der Waals surface area (Å²) in [6.45, 7) is 9.92. The lowest BCUT2D eigenvalue weighted by molar-refractivity contribution is -0.132. The van der Waals surface area contributed by atoms with Crippen LogP contribution in [0.4, 0.5) is 0 Å². The van der Waals surface area contributed by atoms with Crippen LogP contribution in [0.25, 0.3) is 0 Å². The van der Waals surface area contributed by atoms with Crippen LogP contribution >= 0.6 is 35.3 Å². The Hall–Kier alpha value is -1.79. The number of nitrogens with zero attached hydrogens (tertiary/aromatic N) is 2. The molecule has 12 heteroatoms. The van der Waals surface area contributed by atoms with Gasteiger partial charge in [0.15, 0.2) is 5.12 Å². The summed E-state index contributed by atoms with van der Waals surface area (Å²) in [6.07, 6.45) is 12.5. The Morgan fingerprint density at radius 1 is 1.17 bits per heavy atom. The molecule has 2 heterocycles. The van der Waals surface area contributed by atoms with Crippen molar-refractivity contribution in [3.8, 4) is 0 Å². The SMILES string of the molecule is CCCCCCCC(=O)SCC/C=C/[C@@H]1CC(=O)NC/C(SC)=N/C(C)C2=N[C@@](C)(CS2)C(=O)N[C@@H](C(C)C)C(=O)N1. The summed E-state index contributed by atoms with van der Waals surface area (Å²) in [5.41, 5.74) is -0.994. The van der Waals surface area contributed by atoms with E-state index in [1.165, 1.54) is 54.5 Å². The monoisotopic (exact) mass is 639 g/mol. The van der Waals surface area contributed by atoms with Crippen molar-refractivity contribution in [3.63, 3.8) is 0 Å². The van der Waals surface area contributed by atoms with E-state index in [1.54, 1.807) is 6.92 Å². The Morgan fingerprint density at radius 3 is 2.60 bits per heavy atom. The van der Waals surface area contributed by atoms with Gasteiger partial charge >= 0.3 is 0 Å². The Morgan fingerprint density at radius 2 is 1.90 bits per heavy atom. The number of hydrogen-bond acceptors (Lipinski definition) is 9. The van der Waals surface area contributed by atoms with Gasteiger partial charge in [0, 0.05) is 17.9 Å². The molecule has 3 amide bonds. The third kappa shape index (κ3) is 12.4. The molecule has 1 unspecified atom stereocenters. The second kappa shape index (κ2) is 18.8. The van der Waals surface area contributed by atoms with Crippen LogP contribution in [-0.2, 0) is 19.2 Å². The molecule has 42 heavy (non-hydrogen) atoms. The molecule has 9 nitrogen and oxygen atoms in total. The molecule has 0 aromatic carbocycles. The molecule has 0 saturated carbocycles. The standard InChI is InChI=1S/C30H49N5O4S3/c1-7-8-9-10-11-15-25(37)41-16-13-12-14-22-17-23(36)31-18-24(40-6)32-21(4)28-35-30(5,19-42-28)29(39)34-26(20(2)3)27(38)33-22/h12,14,20-22,26H,7-11,13,15-19H2,1-6H3,(H,31,36)(H,33,38)(H,34,39)/b14-12+,32-24-/t21?,22-,26+,30+/m1/s1. The van der Waals surface area contributed by atoms with Crippen LogP contribution in [0, 0.1) is 5.92 Å². The molecule has 2 aliphatic heterocycles. The largest absolute Gasteiger partial charge is 0.350 e. The number of amides is 3. The zero-order valence-corrected chi connectivity index (χ0v) is 28.4. The maximum atomic E-state index is 13.4. The lowest BCUT2D eigenvalue weighted by Gasteiger charge is -2.28. The normalized spacial score (nSPS) is 27.3. The Labute approximate surface area is 264 Å². The van der Waals surface area contributed by atoms with E-state index < -0.39 is 17.6 Å². The number of hydrogen-bond donors (Lipinski definition) is 3. The molecule has 2 bridgehead atoms. The van der Waals surface area contributed by atoms with Gasteiger partial charge in [-0.2, -0.15) is 0 Å². The molecular formula is C30H49N5O4S3. The van der Waals surface area contributed by atoms with Gasteiger partial charge in [-0.25, -0.2) is 0 Å². The average molecular weight is 640 g/mol. The van der Waals surface area contributed by atoms with Crippen molar-refractivity contribution in [2.24, 2.45) is 15.9 Å². The number of unbranched alkanes of at least 4 members (excludes halogenated alkanes) is 4. The lowest BCUT2D eigenvalue weighted by atomic mass is 9.99. The van der Waals surface area contributed by atoms with E-state index in [0.717, 1.165) is 22.9 Å². The molecule has 0 aromatic rings. The fraction of sp³-hybridized carbons (Fsp3) is 0.733. The van der Waals surface area contributed by atoms with Gasteiger partial charge in [0.2, 0.25) is 17.7 Å². The van der Waals surface area contributed by atoms with Crippen LogP contribution in [0.3, 0.4) is 0 Å². The van der Waals surface area contributed by atoms with Gasteiger partial charge in [0.05, 0.1) is 35.1 Å². The van der Waals surface area contributed by atoms with Crippen LogP contribution in [-0.4, -0.2) is 80.9 Å². The molecule has 0 spiro atoms. The van der Waals surface area contributed by atoms with Crippen LogP contribution < -0.4 is 16.0 Å². The first-order valence-corrected chi connectivity index (χ1v) is 18.2. The first-order valence-electron chi connectivity index (χ1n) is 15.0. The van der Waals surface area contributed by atoms with E-state index in [2.05, 4.69) is 22.9 Å². The fourth-order valence-corrected chi connectivity index (χ4v) is 6.89. The third-order valence-electron chi connectivity index (χ3n) is 7.08. The average Bonchev–Trinajstić information content (AvgIpc) is 3.36. The molecule has 3 N–H and O–H groups in total. The first kappa shape index (κ1) is 36.4. The Bertz CT molecular complexity index is 1030. The number of allylic oxidation sites excluding steroid dienone is 1. The smallest absolute Gasteiger partial charge is 0.249 e. The van der Waals surface area contributed by atoms with E-state index >= 15 is 0 Å². The summed E-state index contributed by atoms with van der Waals surface area (Å²) in [5.74, 6) is 0.0695. The van der Waals surface area contributed by atoms with E-state index in [1.807, 2.05) is 39.2 Å². The summed E-state index contributed by atoms with van der Waals surface area (Å²) in [4.78, 5) is 61.3. The predicted molar refractivity (Wildman–Crippen MR) is 180 cm³/mol. The van der Waals surface area contributed by atoms with Crippen molar-refractivity contribution >= 4 is 68.2 Å².